The Kier molecular flexibility index (Phi) is 7.64. The molecule has 190 valence electrons. The first kappa shape index (κ1) is 25.6. The molecule has 0 atom stereocenters. The van der Waals surface area contributed by atoms with Gasteiger partial charge in [-0.05, 0) is 62.6 Å². The lowest BCUT2D eigenvalue weighted by molar-refractivity contribution is -0.110. The SMILES string of the molecule is COC(=O)c1ccc2c(c1)NC(=O)C2=C(Nc1ccc(C(=O)N(C)CCN(C)C)cc1)c1ccncc1. The Morgan fingerprint density at radius 1 is 0.919 bits per heavy atom. The molecule has 2 aromatic carbocycles. The molecule has 1 aliphatic heterocycles. The molecule has 37 heavy (non-hydrogen) atoms. The summed E-state index contributed by atoms with van der Waals surface area (Å²) in [5.41, 5.74) is 4.58. The van der Waals surface area contributed by atoms with Gasteiger partial charge < -0.3 is 25.2 Å². The van der Waals surface area contributed by atoms with Crippen molar-refractivity contribution in [3.05, 3.63) is 89.2 Å². The van der Waals surface area contributed by atoms with Crippen LogP contribution in [0, 0.1) is 0 Å². The molecule has 0 spiro atoms. The minimum absolute atomic E-state index is 0.0633. The smallest absolute Gasteiger partial charge is 0.337 e. The van der Waals surface area contributed by atoms with E-state index in [0.717, 1.165) is 12.1 Å². The van der Waals surface area contributed by atoms with Crippen molar-refractivity contribution >= 4 is 40.4 Å². The van der Waals surface area contributed by atoms with Crippen LogP contribution >= 0.6 is 0 Å². The number of ether oxygens (including phenoxy) is 1. The summed E-state index contributed by atoms with van der Waals surface area (Å²) in [4.78, 5) is 45.7. The zero-order valence-corrected chi connectivity index (χ0v) is 21.2. The van der Waals surface area contributed by atoms with Gasteiger partial charge in [0.1, 0.15) is 0 Å². The van der Waals surface area contributed by atoms with Gasteiger partial charge in [0.05, 0.1) is 29.6 Å². The number of likely N-dealkylation sites (N-methyl/N-ethyl adjacent to an activating group) is 2. The monoisotopic (exact) mass is 499 g/mol. The summed E-state index contributed by atoms with van der Waals surface area (Å²) >= 11 is 0. The summed E-state index contributed by atoms with van der Waals surface area (Å²) < 4.78 is 4.80. The molecule has 0 bridgehead atoms. The number of rotatable bonds is 8. The van der Waals surface area contributed by atoms with Crippen LogP contribution in [0.2, 0.25) is 0 Å². The summed E-state index contributed by atoms with van der Waals surface area (Å²) in [6.45, 7) is 1.39. The molecule has 1 aliphatic rings. The van der Waals surface area contributed by atoms with Gasteiger partial charge in [-0.25, -0.2) is 4.79 Å². The van der Waals surface area contributed by atoms with Crippen LogP contribution < -0.4 is 10.6 Å². The quantitative estimate of drug-likeness (QED) is 0.361. The Hall–Kier alpha value is -4.50. The summed E-state index contributed by atoms with van der Waals surface area (Å²) in [5, 5.41) is 6.21. The maximum absolute atomic E-state index is 13.1. The average molecular weight is 500 g/mol. The number of pyridine rings is 1. The van der Waals surface area contributed by atoms with Crippen molar-refractivity contribution in [1.82, 2.24) is 14.8 Å². The highest BCUT2D eigenvalue weighted by Gasteiger charge is 2.29. The number of benzene rings is 2. The fourth-order valence-electron chi connectivity index (χ4n) is 3.98. The fourth-order valence-corrected chi connectivity index (χ4v) is 3.98. The van der Waals surface area contributed by atoms with E-state index in [9.17, 15) is 14.4 Å². The van der Waals surface area contributed by atoms with Crippen molar-refractivity contribution in [1.29, 1.82) is 0 Å². The minimum atomic E-state index is -0.482. The first-order valence-corrected chi connectivity index (χ1v) is 11.7. The van der Waals surface area contributed by atoms with E-state index in [-0.39, 0.29) is 11.8 Å². The summed E-state index contributed by atoms with van der Waals surface area (Å²) in [6.07, 6.45) is 3.30. The zero-order chi connectivity index (χ0) is 26.5. The molecule has 0 aliphatic carbocycles. The molecule has 2 N–H and O–H groups in total. The van der Waals surface area contributed by atoms with Gasteiger partial charge in [0.15, 0.2) is 0 Å². The third-order valence-corrected chi connectivity index (χ3v) is 6.03. The van der Waals surface area contributed by atoms with E-state index in [4.69, 9.17) is 4.74 Å². The number of hydrogen-bond acceptors (Lipinski definition) is 7. The molecule has 3 aromatic rings. The van der Waals surface area contributed by atoms with Crippen LogP contribution in [0.25, 0.3) is 11.3 Å². The number of methoxy groups -OCH3 is 1. The molecule has 0 saturated carbocycles. The summed E-state index contributed by atoms with van der Waals surface area (Å²) in [5.74, 6) is -0.846. The van der Waals surface area contributed by atoms with Crippen LogP contribution in [-0.4, -0.2) is 73.9 Å². The second-order valence-electron chi connectivity index (χ2n) is 8.92. The fraction of sp³-hybridized carbons (Fsp3) is 0.214. The standard InChI is InChI=1S/C28H29N5O4/c1-32(2)15-16-33(3)27(35)19-5-8-21(9-6-19)30-25(18-11-13-29-14-12-18)24-22-10-7-20(28(36)37-4)17-23(22)31-26(24)34/h5-14,17,30H,15-16H2,1-4H3,(H,31,34). The van der Waals surface area contributed by atoms with Crippen molar-refractivity contribution < 1.29 is 19.1 Å². The van der Waals surface area contributed by atoms with Crippen molar-refractivity contribution in [2.45, 2.75) is 0 Å². The first-order chi connectivity index (χ1) is 17.8. The third kappa shape index (κ3) is 5.68. The molecule has 0 radical (unpaired) electrons. The second kappa shape index (κ2) is 11.0. The van der Waals surface area contributed by atoms with Gasteiger partial charge in [-0.1, -0.05) is 6.07 Å². The predicted molar refractivity (Wildman–Crippen MR) is 143 cm³/mol. The van der Waals surface area contributed by atoms with Gasteiger partial charge in [-0.15, -0.1) is 0 Å². The highest BCUT2D eigenvalue weighted by Crippen LogP contribution is 2.38. The van der Waals surface area contributed by atoms with Crippen LogP contribution in [0.4, 0.5) is 11.4 Å². The number of carbonyl (C=O) groups excluding carboxylic acids is 3. The highest BCUT2D eigenvalue weighted by molar-refractivity contribution is 6.37. The topological polar surface area (TPSA) is 104 Å². The van der Waals surface area contributed by atoms with E-state index in [1.807, 2.05) is 31.1 Å². The number of fused-ring (bicyclic) bond motifs is 1. The Labute approximate surface area is 215 Å². The van der Waals surface area contributed by atoms with E-state index in [2.05, 4.69) is 15.6 Å². The van der Waals surface area contributed by atoms with Gasteiger partial charge in [-0.2, -0.15) is 0 Å². The Bertz CT molecular complexity index is 1350. The lowest BCUT2D eigenvalue weighted by Crippen LogP contribution is -2.33. The van der Waals surface area contributed by atoms with E-state index < -0.39 is 5.97 Å². The second-order valence-corrected chi connectivity index (χ2v) is 8.92. The number of hydrogen-bond donors (Lipinski definition) is 2. The molecule has 0 unspecified atom stereocenters. The maximum atomic E-state index is 13.1. The van der Waals surface area contributed by atoms with E-state index in [1.54, 1.807) is 66.8 Å². The van der Waals surface area contributed by atoms with Gasteiger partial charge in [0, 0.05) is 54.9 Å². The predicted octanol–water partition coefficient (Wildman–Crippen LogP) is 3.43. The van der Waals surface area contributed by atoms with Crippen molar-refractivity contribution in [3.8, 4) is 0 Å². The van der Waals surface area contributed by atoms with Crippen molar-refractivity contribution in [2.75, 3.05) is 52.0 Å². The van der Waals surface area contributed by atoms with Crippen LogP contribution in [0.15, 0.2) is 67.0 Å². The number of anilines is 2. The molecule has 2 heterocycles. The molecule has 1 aromatic heterocycles. The number of amides is 2. The molecule has 4 rings (SSSR count). The molecule has 9 heteroatoms. The third-order valence-electron chi connectivity index (χ3n) is 6.03. The number of esters is 1. The molecule has 9 nitrogen and oxygen atoms in total. The van der Waals surface area contributed by atoms with Crippen molar-refractivity contribution in [2.24, 2.45) is 0 Å². The molecule has 0 saturated heterocycles. The lowest BCUT2D eigenvalue weighted by atomic mass is 9.99. The molecular weight excluding hydrogens is 470 g/mol. The van der Waals surface area contributed by atoms with E-state index in [1.165, 1.54) is 7.11 Å². The van der Waals surface area contributed by atoms with E-state index >= 15 is 0 Å². The van der Waals surface area contributed by atoms with Crippen LogP contribution in [-0.2, 0) is 9.53 Å². The van der Waals surface area contributed by atoms with Gasteiger partial charge >= 0.3 is 5.97 Å². The van der Waals surface area contributed by atoms with E-state index in [0.29, 0.717) is 45.9 Å². The highest BCUT2D eigenvalue weighted by atomic mass is 16.5. The zero-order valence-electron chi connectivity index (χ0n) is 21.2. The Morgan fingerprint density at radius 3 is 2.24 bits per heavy atom. The summed E-state index contributed by atoms with van der Waals surface area (Å²) in [7, 11) is 7.03. The number of aromatic nitrogens is 1. The van der Waals surface area contributed by atoms with Crippen LogP contribution in [0.5, 0.6) is 0 Å². The van der Waals surface area contributed by atoms with Crippen LogP contribution in [0.1, 0.15) is 31.8 Å². The van der Waals surface area contributed by atoms with Crippen molar-refractivity contribution in [3.63, 3.8) is 0 Å². The normalized spacial score (nSPS) is 13.6. The Balaban J connectivity index is 1.67. The first-order valence-electron chi connectivity index (χ1n) is 11.7. The maximum Gasteiger partial charge on any atom is 0.337 e. The molecular formula is C28H29N5O4. The lowest BCUT2D eigenvalue weighted by Gasteiger charge is -2.20. The van der Waals surface area contributed by atoms with Crippen LogP contribution in [0.3, 0.4) is 0 Å². The molecule has 0 fully saturated rings. The average Bonchev–Trinajstić information content (AvgIpc) is 3.24. The largest absolute Gasteiger partial charge is 0.465 e. The molecule has 2 amide bonds. The van der Waals surface area contributed by atoms with Gasteiger partial charge in [0.2, 0.25) is 0 Å². The minimum Gasteiger partial charge on any atom is -0.465 e. The number of nitrogens with one attached hydrogen (secondary N) is 2. The Morgan fingerprint density at radius 2 is 1.59 bits per heavy atom. The number of nitrogens with zero attached hydrogens (tertiary/aromatic N) is 3. The van der Waals surface area contributed by atoms with Gasteiger partial charge in [0.25, 0.3) is 11.8 Å². The summed E-state index contributed by atoms with van der Waals surface area (Å²) in [6, 6.07) is 15.7. The number of carbonyl (C=O) groups is 3. The van der Waals surface area contributed by atoms with Gasteiger partial charge in [-0.3, -0.25) is 14.6 Å².